The van der Waals surface area contributed by atoms with Crippen molar-refractivity contribution in [2.75, 3.05) is 20.1 Å². The Balaban J connectivity index is 1.87. The number of hydrogen-bond donors (Lipinski definition) is 0. The van der Waals surface area contributed by atoms with Crippen LogP contribution in [0.2, 0.25) is 0 Å². The molecule has 0 unspecified atom stereocenters. The number of nitrogens with zero attached hydrogens (tertiary/aromatic N) is 2. The number of benzene rings is 2. The zero-order chi connectivity index (χ0) is 19.6. The lowest BCUT2D eigenvalue weighted by Crippen LogP contribution is -2.29. The molecule has 0 bridgehead atoms. The summed E-state index contributed by atoms with van der Waals surface area (Å²) in [5.41, 5.74) is 3.41. The second kappa shape index (κ2) is 7.82. The molecule has 5 nitrogen and oxygen atoms in total. The van der Waals surface area contributed by atoms with Crippen LogP contribution in [0.4, 0.5) is 0 Å². The predicted octanol–water partition coefficient (Wildman–Crippen LogP) is 3.36. The molecule has 0 atom stereocenters. The third kappa shape index (κ3) is 4.06. The molecule has 0 saturated carbocycles. The van der Waals surface area contributed by atoms with E-state index in [9.17, 15) is 13.2 Å². The van der Waals surface area contributed by atoms with Gasteiger partial charge in [0, 0.05) is 32.2 Å². The average Bonchev–Trinajstić information content (AvgIpc) is 3.19. The Hall–Kier alpha value is -2.18. The van der Waals surface area contributed by atoms with Gasteiger partial charge in [0.15, 0.2) is 0 Å². The molecule has 0 aliphatic carbocycles. The Labute approximate surface area is 161 Å². The van der Waals surface area contributed by atoms with E-state index in [4.69, 9.17) is 0 Å². The number of sulfonamides is 1. The molecular weight excluding hydrogens is 360 g/mol. The van der Waals surface area contributed by atoms with Crippen molar-refractivity contribution in [3.63, 3.8) is 0 Å². The summed E-state index contributed by atoms with van der Waals surface area (Å²) in [6.45, 7) is 5.43. The summed E-state index contributed by atoms with van der Waals surface area (Å²) in [6.07, 6.45) is 1.77. The van der Waals surface area contributed by atoms with Crippen LogP contribution < -0.4 is 0 Å². The van der Waals surface area contributed by atoms with Crippen molar-refractivity contribution in [2.24, 2.45) is 0 Å². The largest absolute Gasteiger partial charge is 0.337 e. The first-order valence-corrected chi connectivity index (χ1v) is 10.7. The quantitative estimate of drug-likeness (QED) is 0.792. The van der Waals surface area contributed by atoms with Gasteiger partial charge in [-0.15, -0.1) is 0 Å². The number of aryl methyl sites for hydroxylation is 2. The van der Waals surface area contributed by atoms with Crippen LogP contribution in [-0.2, 0) is 16.6 Å². The van der Waals surface area contributed by atoms with Crippen molar-refractivity contribution < 1.29 is 13.2 Å². The molecule has 2 aromatic rings. The third-order valence-electron chi connectivity index (χ3n) is 5.16. The van der Waals surface area contributed by atoms with Gasteiger partial charge in [-0.2, -0.15) is 4.31 Å². The zero-order valence-corrected chi connectivity index (χ0v) is 16.9. The molecule has 1 saturated heterocycles. The molecule has 1 aliphatic heterocycles. The minimum Gasteiger partial charge on any atom is -0.337 e. The van der Waals surface area contributed by atoms with Crippen LogP contribution >= 0.6 is 0 Å². The summed E-state index contributed by atoms with van der Waals surface area (Å²) in [5, 5.41) is 0. The molecule has 144 valence electrons. The van der Waals surface area contributed by atoms with Crippen LogP contribution in [0.15, 0.2) is 47.4 Å². The standard InChI is InChI=1S/C21H26N2O3S/c1-16-8-4-5-9-18(16)15-22(3)21(24)20-14-19(11-10-17(20)2)27(25,26)23-12-6-7-13-23/h4-5,8-11,14H,6-7,12-13,15H2,1-3H3. The van der Waals surface area contributed by atoms with Crippen LogP contribution in [0.25, 0.3) is 0 Å². The van der Waals surface area contributed by atoms with Crippen molar-refractivity contribution in [1.82, 2.24) is 9.21 Å². The van der Waals surface area contributed by atoms with E-state index in [-0.39, 0.29) is 10.8 Å². The molecule has 0 spiro atoms. The van der Waals surface area contributed by atoms with E-state index in [1.165, 1.54) is 10.4 Å². The summed E-state index contributed by atoms with van der Waals surface area (Å²) in [5.74, 6) is -0.172. The Morgan fingerprint density at radius 1 is 1.04 bits per heavy atom. The highest BCUT2D eigenvalue weighted by Gasteiger charge is 2.28. The van der Waals surface area contributed by atoms with Crippen molar-refractivity contribution in [3.8, 4) is 0 Å². The molecule has 2 aromatic carbocycles. The van der Waals surface area contributed by atoms with Gasteiger partial charge in [-0.25, -0.2) is 8.42 Å². The van der Waals surface area contributed by atoms with Gasteiger partial charge in [0.1, 0.15) is 0 Å². The second-order valence-corrected chi connectivity index (χ2v) is 9.11. The van der Waals surface area contributed by atoms with Crippen LogP contribution in [-0.4, -0.2) is 43.7 Å². The smallest absolute Gasteiger partial charge is 0.254 e. The molecule has 0 radical (unpaired) electrons. The lowest BCUT2D eigenvalue weighted by molar-refractivity contribution is 0.0784. The van der Waals surface area contributed by atoms with Crippen molar-refractivity contribution in [3.05, 3.63) is 64.7 Å². The molecule has 0 N–H and O–H groups in total. The van der Waals surface area contributed by atoms with E-state index in [1.54, 1.807) is 24.1 Å². The lowest BCUT2D eigenvalue weighted by atomic mass is 10.1. The van der Waals surface area contributed by atoms with Gasteiger partial charge in [-0.3, -0.25) is 4.79 Å². The minimum atomic E-state index is -3.54. The first-order chi connectivity index (χ1) is 12.8. The van der Waals surface area contributed by atoms with E-state index < -0.39 is 10.0 Å². The van der Waals surface area contributed by atoms with Crippen molar-refractivity contribution in [2.45, 2.75) is 38.1 Å². The maximum absolute atomic E-state index is 13.0. The molecule has 27 heavy (non-hydrogen) atoms. The summed E-state index contributed by atoms with van der Waals surface area (Å²) in [6, 6.07) is 12.8. The number of carbonyl (C=O) groups is 1. The van der Waals surface area contributed by atoms with Gasteiger partial charge in [0.25, 0.3) is 5.91 Å². The summed E-state index contributed by atoms with van der Waals surface area (Å²) in [4.78, 5) is 14.8. The monoisotopic (exact) mass is 386 g/mol. The zero-order valence-electron chi connectivity index (χ0n) is 16.1. The Morgan fingerprint density at radius 3 is 2.37 bits per heavy atom. The molecule has 1 fully saturated rings. The van der Waals surface area contributed by atoms with Crippen LogP contribution in [0.3, 0.4) is 0 Å². The maximum atomic E-state index is 13.0. The Morgan fingerprint density at radius 2 is 1.70 bits per heavy atom. The van der Waals surface area contributed by atoms with Crippen molar-refractivity contribution in [1.29, 1.82) is 0 Å². The fourth-order valence-corrected chi connectivity index (χ4v) is 4.93. The molecule has 0 aromatic heterocycles. The Bertz CT molecular complexity index is 948. The minimum absolute atomic E-state index is 0.172. The highest BCUT2D eigenvalue weighted by atomic mass is 32.2. The highest BCUT2D eigenvalue weighted by molar-refractivity contribution is 7.89. The predicted molar refractivity (Wildman–Crippen MR) is 106 cm³/mol. The molecule has 1 heterocycles. The van der Waals surface area contributed by atoms with Gasteiger partial charge in [0.2, 0.25) is 10.0 Å². The SMILES string of the molecule is Cc1ccccc1CN(C)C(=O)c1cc(S(=O)(=O)N2CCCC2)ccc1C. The van der Waals surface area contributed by atoms with E-state index >= 15 is 0 Å². The van der Waals surface area contributed by atoms with Gasteiger partial charge in [-0.1, -0.05) is 30.3 Å². The summed E-state index contributed by atoms with van der Waals surface area (Å²) < 4.78 is 27.2. The van der Waals surface area contributed by atoms with Crippen LogP contribution in [0.5, 0.6) is 0 Å². The van der Waals surface area contributed by atoms with Gasteiger partial charge in [-0.05, 0) is 55.5 Å². The summed E-state index contributed by atoms with van der Waals surface area (Å²) in [7, 11) is -1.79. The second-order valence-electron chi connectivity index (χ2n) is 7.18. The molecule has 6 heteroatoms. The number of amides is 1. The highest BCUT2D eigenvalue weighted by Crippen LogP contribution is 2.24. The molecular formula is C21H26N2O3S. The number of rotatable bonds is 5. The van der Waals surface area contributed by atoms with E-state index in [1.807, 2.05) is 38.1 Å². The average molecular weight is 387 g/mol. The first kappa shape index (κ1) is 19.6. The molecule has 1 aliphatic rings. The van der Waals surface area contributed by atoms with E-state index in [0.717, 1.165) is 29.5 Å². The van der Waals surface area contributed by atoms with Crippen LogP contribution in [0.1, 0.15) is 39.9 Å². The Kier molecular flexibility index (Phi) is 5.67. The van der Waals surface area contributed by atoms with Gasteiger partial charge < -0.3 is 4.90 Å². The fourth-order valence-electron chi connectivity index (χ4n) is 3.39. The normalized spacial score (nSPS) is 15.1. The van der Waals surface area contributed by atoms with Crippen LogP contribution in [0, 0.1) is 13.8 Å². The fraction of sp³-hybridized carbons (Fsp3) is 0.381. The maximum Gasteiger partial charge on any atom is 0.254 e. The van der Waals surface area contributed by atoms with E-state index in [0.29, 0.717) is 25.2 Å². The van der Waals surface area contributed by atoms with Gasteiger partial charge in [0.05, 0.1) is 4.90 Å². The molecule has 3 rings (SSSR count). The van der Waals surface area contributed by atoms with Gasteiger partial charge >= 0.3 is 0 Å². The summed E-state index contributed by atoms with van der Waals surface area (Å²) >= 11 is 0. The number of carbonyl (C=O) groups excluding carboxylic acids is 1. The lowest BCUT2D eigenvalue weighted by Gasteiger charge is -2.21. The van der Waals surface area contributed by atoms with Crippen molar-refractivity contribution >= 4 is 15.9 Å². The van der Waals surface area contributed by atoms with E-state index in [2.05, 4.69) is 0 Å². The third-order valence-corrected chi connectivity index (χ3v) is 7.05. The first-order valence-electron chi connectivity index (χ1n) is 9.21. The topological polar surface area (TPSA) is 57.7 Å². The molecule has 1 amide bonds. The number of hydrogen-bond acceptors (Lipinski definition) is 3.